The Hall–Kier alpha value is -1.10. The minimum atomic E-state index is -0.274. The van der Waals surface area contributed by atoms with Crippen LogP contribution in [0, 0.1) is 11.8 Å². The molecule has 2 atom stereocenters. The standard InChI is InChI=1S/C15H24N2O3/c1-2-8-20-9-7-17-13(11-5-6-11)14(18)16-12(15(17)19)10-3-4-10/h10-13H,2-9H2,1H3,(H,16,18). The quantitative estimate of drug-likeness (QED) is 0.706. The second kappa shape index (κ2) is 5.72. The molecule has 3 fully saturated rings. The summed E-state index contributed by atoms with van der Waals surface area (Å²) >= 11 is 0. The van der Waals surface area contributed by atoms with Crippen LogP contribution in [-0.2, 0) is 14.3 Å². The van der Waals surface area contributed by atoms with Gasteiger partial charge in [0.25, 0.3) is 0 Å². The maximum atomic E-state index is 12.6. The highest BCUT2D eigenvalue weighted by Gasteiger charge is 2.51. The molecule has 1 aliphatic heterocycles. The van der Waals surface area contributed by atoms with Crippen LogP contribution in [0.2, 0.25) is 0 Å². The summed E-state index contributed by atoms with van der Waals surface area (Å²) in [5.41, 5.74) is 0. The molecular formula is C15H24N2O3. The van der Waals surface area contributed by atoms with Crippen LogP contribution in [0.5, 0.6) is 0 Å². The van der Waals surface area contributed by atoms with Crippen LogP contribution in [0.3, 0.4) is 0 Å². The Kier molecular flexibility index (Phi) is 3.96. The number of hydrogen-bond donors (Lipinski definition) is 1. The van der Waals surface area contributed by atoms with Gasteiger partial charge in [-0.2, -0.15) is 0 Å². The minimum absolute atomic E-state index is 0.0551. The second-order valence-electron chi connectivity index (χ2n) is 6.25. The van der Waals surface area contributed by atoms with Crippen molar-refractivity contribution in [3.63, 3.8) is 0 Å². The van der Waals surface area contributed by atoms with Crippen molar-refractivity contribution in [3.8, 4) is 0 Å². The first-order valence-electron chi connectivity index (χ1n) is 7.91. The maximum absolute atomic E-state index is 12.6. The third kappa shape index (κ3) is 2.82. The van der Waals surface area contributed by atoms with Crippen LogP contribution >= 0.6 is 0 Å². The van der Waals surface area contributed by atoms with Crippen LogP contribution in [0.4, 0.5) is 0 Å². The molecule has 3 aliphatic rings. The lowest BCUT2D eigenvalue weighted by atomic mass is 10.0. The molecule has 2 unspecified atom stereocenters. The van der Waals surface area contributed by atoms with E-state index < -0.39 is 0 Å². The number of piperazine rings is 1. The van der Waals surface area contributed by atoms with Gasteiger partial charge in [0.15, 0.2) is 0 Å². The largest absolute Gasteiger partial charge is 0.380 e. The highest BCUT2D eigenvalue weighted by molar-refractivity contribution is 5.97. The van der Waals surface area contributed by atoms with E-state index in [0.717, 1.165) is 32.1 Å². The summed E-state index contributed by atoms with van der Waals surface area (Å²) in [6.45, 7) is 3.87. The SMILES string of the molecule is CCCOCCN1C(=O)C(C2CC2)NC(=O)C1C1CC1. The van der Waals surface area contributed by atoms with Gasteiger partial charge in [-0.3, -0.25) is 9.59 Å². The van der Waals surface area contributed by atoms with E-state index in [0.29, 0.717) is 31.6 Å². The first-order chi connectivity index (χ1) is 9.72. The average molecular weight is 280 g/mol. The molecule has 0 aromatic carbocycles. The molecule has 1 heterocycles. The fourth-order valence-electron chi connectivity index (χ4n) is 3.05. The van der Waals surface area contributed by atoms with Crippen LogP contribution in [-0.4, -0.2) is 48.6 Å². The highest BCUT2D eigenvalue weighted by atomic mass is 16.5. The van der Waals surface area contributed by atoms with Gasteiger partial charge in [0.1, 0.15) is 12.1 Å². The molecule has 5 heteroatoms. The molecule has 20 heavy (non-hydrogen) atoms. The molecule has 3 rings (SSSR count). The molecule has 0 aromatic rings. The molecule has 2 amide bonds. The lowest BCUT2D eigenvalue weighted by Gasteiger charge is -2.39. The zero-order valence-corrected chi connectivity index (χ0v) is 12.1. The fraction of sp³-hybridized carbons (Fsp3) is 0.867. The topological polar surface area (TPSA) is 58.6 Å². The Morgan fingerprint density at radius 3 is 2.45 bits per heavy atom. The zero-order chi connectivity index (χ0) is 14.1. The Balaban J connectivity index is 1.65. The van der Waals surface area contributed by atoms with Crippen molar-refractivity contribution in [1.82, 2.24) is 10.2 Å². The molecule has 112 valence electrons. The van der Waals surface area contributed by atoms with Crippen molar-refractivity contribution in [1.29, 1.82) is 0 Å². The third-order valence-corrected chi connectivity index (χ3v) is 4.44. The second-order valence-corrected chi connectivity index (χ2v) is 6.25. The number of amides is 2. The van der Waals surface area contributed by atoms with Crippen molar-refractivity contribution in [2.45, 2.75) is 51.1 Å². The molecule has 2 saturated carbocycles. The number of carbonyl (C=O) groups excluding carboxylic acids is 2. The number of carbonyl (C=O) groups is 2. The number of nitrogens with zero attached hydrogens (tertiary/aromatic N) is 1. The summed E-state index contributed by atoms with van der Waals surface area (Å²) in [7, 11) is 0. The highest BCUT2D eigenvalue weighted by Crippen LogP contribution is 2.40. The number of rotatable bonds is 7. The lowest BCUT2D eigenvalue weighted by molar-refractivity contribution is -0.151. The van der Waals surface area contributed by atoms with E-state index in [9.17, 15) is 9.59 Å². The van der Waals surface area contributed by atoms with E-state index in [2.05, 4.69) is 12.2 Å². The van der Waals surface area contributed by atoms with Crippen LogP contribution < -0.4 is 5.32 Å². The van der Waals surface area contributed by atoms with Gasteiger partial charge in [0.05, 0.1) is 6.61 Å². The summed E-state index contributed by atoms with van der Waals surface area (Å²) in [4.78, 5) is 26.7. The number of ether oxygens (including phenoxy) is 1. The number of nitrogens with one attached hydrogen (secondary N) is 1. The lowest BCUT2D eigenvalue weighted by Crippen LogP contribution is -2.65. The Morgan fingerprint density at radius 2 is 1.85 bits per heavy atom. The summed E-state index contributed by atoms with van der Waals surface area (Å²) in [5.74, 6) is 0.902. The van der Waals surface area contributed by atoms with E-state index in [-0.39, 0.29) is 23.9 Å². The molecule has 0 bridgehead atoms. The summed E-state index contributed by atoms with van der Waals surface area (Å²) in [6.07, 6.45) is 5.22. The minimum Gasteiger partial charge on any atom is -0.380 e. The first-order valence-corrected chi connectivity index (χ1v) is 7.91. The first kappa shape index (κ1) is 13.9. The molecule has 1 N–H and O–H groups in total. The van der Waals surface area contributed by atoms with E-state index in [1.807, 2.05) is 0 Å². The van der Waals surface area contributed by atoms with E-state index >= 15 is 0 Å². The maximum Gasteiger partial charge on any atom is 0.246 e. The molecule has 0 spiro atoms. The van der Waals surface area contributed by atoms with Crippen molar-refractivity contribution in [3.05, 3.63) is 0 Å². The van der Waals surface area contributed by atoms with Gasteiger partial charge in [-0.25, -0.2) is 0 Å². The predicted molar refractivity (Wildman–Crippen MR) is 74.0 cm³/mol. The molecule has 0 aromatic heterocycles. The average Bonchev–Trinajstić information content (AvgIpc) is 3.28. The molecule has 0 radical (unpaired) electrons. The Bertz CT molecular complexity index is 391. The van der Waals surface area contributed by atoms with Crippen molar-refractivity contribution in [2.24, 2.45) is 11.8 Å². The molecular weight excluding hydrogens is 256 g/mol. The molecule has 1 saturated heterocycles. The van der Waals surface area contributed by atoms with E-state index in [1.165, 1.54) is 0 Å². The molecule has 5 nitrogen and oxygen atoms in total. The Labute approximate surface area is 120 Å². The van der Waals surface area contributed by atoms with E-state index in [4.69, 9.17) is 4.74 Å². The molecule has 2 aliphatic carbocycles. The number of hydrogen-bond acceptors (Lipinski definition) is 3. The fourth-order valence-corrected chi connectivity index (χ4v) is 3.05. The van der Waals surface area contributed by atoms with Crippen LogP contribution in [0.25, 0.3) is 0 Å². The summed E-state index contributed by atoms with van der Waals surface area (Å²) < 4.78 is 5.50. The summed E-state index contributed by atoms with van der Waals surface area (Å²) in [6, 6.07) is -0.522. The third-order valence-electron chi connectivity index (χ3n) is 4.44. The van der Waals surface area contributed by atoms with Crippen molar-refractivity contribution < 1.29 is 14.3 Å². The van der Waals surface area contributed by atoms with Gasteiger partial charge >= 0.3 is 0 Å². The summed E-state index contributed by atoms with van der Waals surface area (Å²) in [5, 5.41) is 2.96. The van der Waals surface area contributed by atoms with Crippen molar-refractivity contribution in [2.75, 3.05) is 19.8 Å². The van der Waals surface area contributed by atoms with Crippen LogP contribution in [0.1, 0.15) is 39.0 Å². The van der Waals surface area contributed by atoms with Gasteiger partial charge in [-0.05, 0) is 43.9 Å². The van der Waals surface area contributed by atoms with Gasteiger partial charge in [0, 0.05) is 13.2 Å². The zero-order valence-electron chi connectivity index (χ0n) is 12.1. The normalized spacial score (nSPS) is 30.6. The van der Waals surface area contributed by atoms with E-state index in [1.54, 1.807) is 4.90 Å². The predicted octanol–water partition coefficient (Wildman–Crippen LogP) is 0.929. The Morgan fingerprint density at radius 1 is 1.15 bits per heavy atom. The smallest absolute Gasteiger partial charge is 0.246 e. The van der Waals surface area contributed by atoms with Gasteiger partial charge in [0.2, 0.25) is 11.8 Å². The van der Waals surface area contributed by atoms with Gasteiger partial charge in [-0.15, -0.1) is 0 Å². The van der Waals surface area contributed by atoms with Gasteiger partial charge in [-0.1, -0.05) is 6.92 Å². The van der Waals surface area contributed by atoms with Gasteiger partial charge < -0.3 is 15.0 Å². The van der Waals surface area contributed by atoms with Crippen molar-refractivity contribution >= 4 is 11.8 Å². The van der Waals surface area contributed by atoms with Crippen LogP contribution in [0.15, 0.2) is 0 Å². The monoisotopic (exact) mass is 280 g/mol.